The Morgan fingerprint density at radius 2 is 2.16 bits per heavy atom. The Labute approximate surface area is 117 Å². The van der Waals surface area contributed by atoms with E-state index in [0.29, 0.717) is 12.2 Å². The Morgan fingerprint density at radius 3 is 2.74 bits per heavy atom. The van der Waals surface area contributed by atoms with Gasteiger partial charge in [0.2, 0.25) is 5.91 Å². The number of hydrogen-bond donors (Lipinski definition) is 4. The zero-order chi connectivity index (χ0) is 13.1. The van der Waals surface area contributed by atoms with Crippen LogP contribution in [-0.2, 0) is 4.79 Å². The van der Waals surface area contributed by atoms with Crippen LogP contribution >= 0.6 is 12.4 Å². The van der Waals surface area contributed by atoms with Gasteiger partial charge in [0.15, 0.2) is 0 Å². The predicted molar refractivity (Wildman–Crippen MR) is 75.1 cm³/mol. The maximum absolute atomic E-state index is 12.1. The quantitative estimate of drug-likeness (QED) is 0.658. The molecule has 1 fully saturated rings. The number of nitrogens with two attached hydrogens (primary N) is 2. The number of carbonyl (C=O) groups is 2. The normalized spacial score (nSPS) is 21.7. The van der Waals surface area contributed by atoms with Crippen LogP contribution in [0.5, 0.6) is 0 Å². The summed E-state index contributed by atoms with van der Waals surface area (Å²) in [6, 6.07) is 1.53. The average Bonchev–Trinajstić information content (AvgIpc) is 2.96. The number of amides is 2. The summed E-state index contributed by atoms with van der Waals surface area (Å²) in [4.78, 5) is 25.7. The minimum absolute atomic E-state index is 0. The van der Waals surface area contributed by atoms with Crippen molar-refractivity contribution in [1.82, 2.24) is 4.98 Å². The lowest BCUT2D eigenvalue weighted by Crippen LogP contribution is -2.29. The van der Waals surface area contributed by atoms with Gasteiger partial charge in [0, 0.05) is 12.1 Å². The van der Waals surface area contributed by atoms with Gasteiger partial charge < -0.3 is 21.8 Å². The SMILES string of the molecule is Cl.NC[C@H]1CCC[C@H]1C(=O)Nc1c[nH]c(C(N)=O)c1. The van der Waals surface area contributed by atoms with Crippen LogP contribution in [-0.4, -0.2) is 23.3 Å². The second-order valence-electron chi connectivity index (χ2n) is 4.69. The third kappa shape index (κ3) is 3.48. The largest absolute Gasteiger partial charge is 0.364 e. The lowest BCUT2D eigenvalue weighted by atomic mass is 9.95. The van der Waals surface area contributed by atoms with Crippen LogP contribution in [0.1, 0.15) is 29.8 Å². The molecule has 1 saturated carbocycles. The minimum atomic E-state index is -0.545. The molecule has 0 unspecified atom stereocenters. The van der Waals surface area contributed by atoms with Gasteiger partial charge in [0.1, 0.15) is 5.69 Å². The van der Waals surface area contributed by atoms with Crippen molar-refractivity contribution in [1.29, 1.82) is 0 Å². The Hall–Kier alpha value is -1.53. The maximum atomic E-state index is 12.1. The van der Waals surface area contributed by atoms with Crippen molar-refractivity contribution in [2.75, 3.05) is 11.9 Å². The highest BCUT2D eigenvalue weighted by atomic mass is 35.5. The molecule has 19 heavy (non-hydrogen) atoms. The van der Waals surface area contributed by atoms with Crippen LogP contribution in [0.2, 0.25) is 0 Å². The standard InChI is InChI=1S/C12H18N4O2.ClH/c13-5-7-2-1-3-9(7)12(18)16-8-4-10(11(14)17)15-6-8;/h4,6-7,9,15H,1-3,5,13H2,(H2,14,17)(H,16,18);1H/t7-,9-;/m1./s1. The fourth-order valence-electron chi connectivity index (χ4n) is 2.51. The van der Waals surface area contributed by atoms with Crippen LogP contribution in [0, 0.1) is 11.8 Å². The molecule has 1 aromatic rings. The molecule has 0 spiro atoms. The highest BCUT2D eigenvalue weighted by Gasteiger charge is 2.31. The highest BCUT2D eigenvalue weighted by Crippen LogP contribution is 2.31. The topological polar surface area (TPSA) is 114 Å². The molecule has 0 aliphatic heterocycles. The number of carbonyl (C=O) groups excluding carboxylic acids is 2. The number of halogens is 1. The van der Waals surface area contributed by atoms with Crippen LogP contribution in [0.25, 0.3) is 0 Å². The molecule has 6 nitrogen and oxygen atoms in total. The molecule has 2 rings (SSSR count). The van der Waals surface area contributed by atoms with Gasteiger partial charge in [-0.2, -0.15) is 0 Å². The zero-order valence-corrected chi connectivity index (χ0v) is 11.3. The first kappa shape index (κ1) is 15.5. The number of hydrogen-bond acceptors (Lipinski definition) is 3. The summed E-state index contributed by atoms with van der Waals surface area (Å²) in [7, 11) is 0. The summed E-state index contributed by atoms with van der Waals surface area (Å²) in [6.45, 7) is 0.539. The van der Waals surface area contributed by atoms with Crippen molar-refractivity contribution < 1.29 is 9.59 Å². The number of H-pyrrole nitrogens is 1. The average molecular weight is 287 g/mol. The highest BCUT2D eigenvalue weighted by molar-refractivity contribution is 5.96. The van der Waals surface area contributed by atoms with Gasteiger partial charge in [-0.1, -0.05) is 6.42 Å². The van der Waals surface area contributed by atoms with Gasteiger partial charge in [-0.15, -0.1) is 12.4 Å². The first-order valence-electron chi connectivity index (χ1n) is 6.11. The van der Waals surface area contributed by atoms with Crippen LogP contribution in [0.3, 0.4) is 0 Å². The van der Waals surface area contributed by atoms with Crippen molar-refractivity contribution in [2.45, 2.75) is 19.3 Å². The Balaban J connectivity index is 0.00000180. The third-order valence-corrected chi connectivity index (χ3v) is 3.51. The maximum Gasteiger partial charge on any atom is 0.265 e. The zero-order valence-electron chi connectivity index (χ0n) is 10.5. The van der Waals surface area contributed by atoms with Crippen LogP contribution < -0.4 is 16.8 Å². The smallest absolute Gasteiger partial charge is 0.265 e. The van der Waals surface area contributed by atoms with Crippen LogP contribution in [0.15, 0.2) is 12.3 Å². The summed E-state index contributed by atoms with van der Waals surface area (Å²) in [5, 5.41) is 2.79. The number of rotatable bonds is 4. The van der Waals surface area contributed by atoms with Crippen molar-refractivity contribution in [3.8, 4) is 0 Å². The van der Waals surface area contributed by atoms with E-state index in [-0.39, 0.29) is 35.8 Å². The summed E-state index contributed by atoms with van der Waals surface area (Å²) < 4.78 is 0. The van der Waals surface area contributed by atoms with Gasteiger partial charge in [-0.05, 0) is 31.4 Å². The number of nitrogens with one attached hydrogen (secondary N) is 2. The summed E-state index contributed by atoms with van der Waals surface area (Å²) in [6.07, 6.45) is 4.49. The molecular formula is C12H19ClN4O2. The summed E-state index contributed by atoms with van der Waals surface area (Å²) >= 11 is 0. The van der Waals surface area contributed by atoms with Gasteiger partial charge in [0.25, 0.3) is 5.91 Å². The van der Waals surface area contributed by atoms with Crippen molar-refractivity contribution in [2.24, 2.45) is 23.3 Å². The minimum Gasteiger partial charge on any atom is -0.364 e. The van der Waals surface area contributed by atoms with E-state index in [2.05, 4.69) is 10.3 Å². The molecule has 2 amide bonds. The fourth-order valence-corrected chi connectivity index (χ4v) is 2.51. The molecule has 6 N–H and O–H groups in total. The first-order valence-corrected chi connectivity index (χ1v) is 6.11. The monoisotopic (exact) mass is 286 g/mol. The number of primary amides is 1. The molecule has 0 saturated heterocycles. The molecule has 1 aliphatic rings. The van der Waals surface area contributed by atoms with Crippen LogP contribution in [0.4, 0.5) is 5.69 Å². The van der Waals surface area contributed by atoms with Crippen molar-refractivity contribution in [3.63, 3.8) is 0 Å². The molecule has 0 aromatic carbocycles. The van der Waals surface area contributed by atoms with E-state index in [1.807, 2.05) is 0 Å². The lowest BCUT2D eigenvalue weighted by Gasteiger charge is -2.16. The second kappa shape index (κ2) is 6.58. The second-order valence-corrected chi connectivity index (χ2v) is 4.69. The molecule has 1 aromatic heterocycles. The van der Waals surface area contributed by atoms with Gasteiger partial charge in [-0.3, -0.25) is 9.59 Å². The van der Waals surface area contributed by atoms with E-state index >= 15 is 0 Å². The van der Waals surface area contributed by atoms with Gasteiger partial charge >= 0.3 is 0 Å². The van der Waals surface area contributed by atoms with Gasteiger partial charge in [-0.25, -0.2) is 0 Å². The molecule has 0 bridgehead atoms. The summed E-state index contributed by atoms with van der Waals surface area (Å²) in [5.41, 5.74) is 11.6. The Morgan fingerprint density at radius 1 is 1.42 bits per heavy atom. The Kier molecular flexibility index (Phi) is 5.38. The van der Waals surface area contributed by atoms with E-state index in [4.69, 9.17) is 11.5 Å². The van der Waals surface area contributed by atoms with Gasteiger partial charge in [0.05, 0.1) is 5.69 Å². The molecule has 7 heteroatoms. The van der Waals surface area contributed by atoms with E-state index < -0.39 is 5.91 Å². The van der Waals surface area contributed by atoms with E-state index in [1.165, 1.54) is 6.07 Å². The molecule has 2 atom stereocenters. The predicted octanol–water partition coefficient (Wildman–Crippen LogP) is 0.849. The van der Waals surface area contributed by atoms with E-state index in [0.717, 1.165) is 19.3 Å². The van der Waals surface area contributed by atoms with E-state index in [9.17, 15) is 9.59 Å². The first-order chi connectivity index (χ1) is 8.61. The molecular weight excluding hydrogens is 268 g/mol. The number of anilines is 1. The van der Waals surface area contributed by atoms with Crippen molar-refractivity contribution in [3.05, 3.63) is 18.0 Å². The molecule has 1 heterocycles. The van der Waals surface area contributed by atoms with E-state index in [1.54, 1.807) is 6.20 Å². The fraction of sp³-hybridized carbons (Fsp3) is 0.500. The molecule has 106 valence electrons. The number of aromatic amines is 1. The number of aromatic nitrogens is 1. The lowest BCUT2D eigenvalue weighted by molar-refractivity contribution is -0.120. The third-order valence-electron chi connectivity index (χ3n) is 3.51. The Bertz CT molecular complexity index is 460. The summed E-state index contributed by atoms with van der Waals surface area (Å²) in [5.74, 6) is -0.337. The molecule has 1 aliphatic carbocycles. The molecule has 0 radical (unpaired) electrons. The van der Waals surface area contributed by atoms with Crippen molar-refractivity contribution >= 4 is 29.9 Å².